The minimum Gasteiger partial charge on any atom is -0.289 e. The Morgan fingerprint density at radius 2 is 1.58 bits per heavy atom. The molecule has 0 fully saturated rings. The molecule has 2 aromatic rings. The number of carbonyl (C=O) groups excluding carboxylic acids is 1. The van der Waals surface area contributed by atoms with E-state index in [1.807, 2.05) is 48.5 Å². The van der Waals surface area contributed by atoms with Gasteiger partial charge in [0.05, 0.1) is 0 Å². The molecule has 0 spiro atoms. The monoisotopic (exact) mass is 338 g/mol. The second-order valence-corrected chi connectivity index (χ2v) is 7.16. The molecule has 1 unspecified atom stereocenters. The van der Waals surface area contributed by atoms with Crippen LogP contribution in [-0.4, -0.2) is 16.8 Å². The third-order valence-electron chi connectivity index (χ3n) is 4.50. The second kappa shape index (κ2) is 8.89. The number of ketones is 1. The summed E-state index contributed by atoms with van der Waals surface area (Å²) in [6.07, 6.45) is 7.21. The smallest absolute Gasteiger partial charge is 0.190 e. The van der Waals surface area contributed by atoms with Crippen molar-refractivity contribution in [3.05, 3.63) is 77.4 Å². The number of hydrogen-bond acceptors (Lipinski definition) is 2. The topological polar surface area (TPSA) is 17.1 Å². The van der Waals surface area contributed by atoms with Crippen LogP contribution in [0.5, 0.6) is 0 Å². The zero-order valence-corrected chi connectivity index (χ0v) is 15.6. The molecule has 2 heteroatoms. The fourth-order valence-electron chi connectivity index (χ4n) is 3.13. The van der Waals surface area contributed by atoms with E-state index in [4.69, 9.17) is 0 Å². The van der Waals surface area contributed by atoms with Crippen molar-refractivity contribution in [1.82, 2.24) is 0 Å². The first-order valence-electron chi connectivity index (χ1n) is 8.59. The van der Waals surface area contributed by atoms with E-state index < -0.39 is 0 Å². The Kier molecular flexibility index (Phi) is 6.86. The highest BCUT2D eigenvalue weighted by atomic mass is 32.2. The highest BCUT2D eigenvalue weighted by Gasteiger charge is 2.35. The first-order chi connectivity index (χ1) is 11.7. The number of carbonyl (C=O) groups is 1. The maximum Gasteiger partial charge on any atom is 0.190 e. The molecule has 126 valence electrons. The summed E-state index contributed by atoms with van der Waals surface area (Å²) >= 11 is 1.80. The van der Waals surface area contributed by atoms with E-state index in [-0.39, 0.29) is 10.5 Å². The van der Waals surface area contributed by atoms with Crippen LogP contribution in [0.4, 0.5) is 0 Å². The molecular formula is C22H26OS. The van der Waals surface area contributed by atoms with Gasteiger partial charge in [-0.3, -0.25) is 4.79 Å². The Bertz CT molecular complexity index is 670. The van der Waals surface area contributed by atoms with E-state index in [0.29, 0.717) is 0 Å². The molecule has 0 aliphatic carbocycles. The van der Waals surface area contributed by atoms with E-state index in [0.717, 1.165) is 36.0 Å². The van der Waals surface area contributed by atoms with Crippen molar-refractivity contribution in [3.8, 4) is 0 Å². The maximum atomic E-state index is 13.3. The van der Waals surface area contributed by atoms with E-state index >= 15 is 0 Å². The van der Waals surface area contributed by atoms with E-state index in [1.54, 1.807) is 11.8 Å². The van der Waals surface area contributed by atoms with Gasteiger partial charge in [-0.1, -0.05) is 80.9 Å². The van der Waals surface area contributed by atoms with Crippen LogP contribution in [0, 0.1) is 0 Å². The number of rotatable bonds is 8. The molecule has 0 radical (unpaired) electrons. The number of Topliss-reactive ketones (excluding diaryl/α,β-unsaturated/α-hetero) is 1. The van der Waals surface area contributed by atoms with Gasteiger partial charge >= 0.3 is 0 Å². The molecule has 1 nitrogen and oxygen atoms in total. The zero-order chi connectivity index (χ0) is 17.4. The SMILES string of the molecule is CCCC(CC)(SC)C(=Cc1ccccc1)C(=O)c1ccccc1. The molecule has 0 amide bonds. The Morgan fingerprint density at radius 3 is 2.08 bits per heavy atom. The minimum absolute atomic E-state index is 0.141. The molecular weight excluding hydrogens is 312 g/mol. The fourth-order valence-corrected chi connectivity index (χ4v) is 4.20. The molecule has 1 atom stereocenters. The first-order valence-corrected chi connectivity index (χ1v) is 9.81. The van der Waals surface area contributed by atoms with Gasteiger partial charge in [-0.05, 0) is 30.7 Å². The van der Waals surface area contributed by atoms with Gasteiger partial charge in [-0.2, -0.15) is 11.8 Å². The molecule has 2 aromatic carbocycles. The maximum absolute atomic E-state index is 13.3. The van der Waals surface area contributed by atoms with Crippen LogP contribution in [0.2, 0.25) is 0 Å². The Labute approximate surface area is 150 Å². The van der Waals surface area contributed by atoms with Gasteiger partial charge < -0.3 is 0 Å². The van der Waals surface area contributed by atoms with Gasteiger partial charge in [0.25, 0.3) is 0 Å². The van der Waals surface area contributed by atoms with Crippen molar-refractivity contribution in [2.45, 2.75) is 37.9 Å². The molecule has 0 heterocycles. The highest BCUT2D eigenvalue weighted by Crippen LogP contribution is 2.41. The fraction of sp³-hybridized carbons (Fsp3) is 0.318. The van der Waals surface area contributed by atoms with Crippen molar-refractivity contribution in [3.63, 3.8) is 0 Å². The summed E-state index contributed by atoms with van der Waals surface area (Å²) in [5, 5.41) is 0. The summed E-state index contributed by atoms with van der Waals surface area (Å²) < 4.78 is -0.141. The highest BCUT2D eigenvalue weighted by molar-refractivity contribution is 8.00. The van der Waals surface area contributed by atoms with Gasteiger partial charge in [-0.25, -0.2) is 0 Å². The van der Waals surface area contributed by atoms with Gasteiger partial charge in [-0.15, -0.1) is 0 Å². The average molecular weight is 339 g/mol. The number of thioether (sulfide) groups is 1. The molecule has 0 saturated carbocycles. The van der Waals surface area contributed by atoms with Crippen LogP contribution < -0.4 is 0 Å². The molecule has 2 rings (SSSR count). The van der Waals surface area contributed by atoms with Gasteiger partial charge in [0.2, 0.25) is 0 Å². The van der Waals surface area contributed by atoms with Crippen molar-refractivity contribution in [2.24, 2.45) is 0 Å². The molecule has 24 heavy (non-hydrogen) atoms. The lowest BCUT2D eigenvalue weighted by molar-refractivity contribution is 0.102. The van der Waals surface area contributed by atoms with Crippen molar-refractivity contribution in [1.29, 1.82) is 0 Å². The van der Waals surface area contributed by atoms with Crippen LogP contribution >= 0.6 is 11.8 Å². The summed E-state index contributed by atoms with van der Waals surface area (Å²) in [4.78, 5) is 13.3. The van der Waals surface area contributed by atoms with Crippen molar-refractivity contribution in [2.75, 3.05) is 6.26 Å². The zero-order valence-electron chi connectivity index (χ0n) is 14.8. The largest absolute Gasteiger partial charge is 0.289 e. The quantitative estimate of drug-likeness (QED) is 0.417. The van der Waals surface area contributed by atoms with Crippen LogP contribution in [0.3, 0.4) is 0 Å². The van der Waals surface area contributed by atoms with Gasteiger partial charge in [0.1, 0.15) is 0 Å². The lowest BCUT2D eigenvalue weighted by Crippen LogP contribution is -2.31. The van der Waals surface area contributed by atoms with E-state index in [1.165, 1.54) is 0 Å². The predicted molar refractivity (Wildman–Crippen MR) is 107 cm³/mol. The van der Waals surface area contributed by atoms with Gasteiger partial charge in [0.15, 0.2) is 5.78 Å². The molecule has 0 aliphatic heterocycles. The molecule has 0 N–H and O–H groups in total. The second-order valence-electron chi connectivity index (χ2n) is 5.97. The van der Waals surface area contributed by atoms with Crippen LogP contribution in [0.1, 0.15) is 49.0 Å². The number of hydrogen-bond donors (Lipinski definition) is 0. The summed E-state index contributed by atoms with van der Waals surface area (Å²) in [6.45, 7) is 4.37. The first kappa shape index (κ1) is 18.5. The Morgan fingerprint density at radius 1 is 1.00 bits per heavy atom. The van der Waals surface area contributed by atoms with Crippen LogP contribution in [0.15, 0.2) is 66.2 Å². The Balaban J connectivity index is 2.57. The van der Waals surface area contributed by atoms with Crippen LogP contribution in [0.25, 0.3) is 6.08 Å². The third kappa shape index (κ3) is 4.18. The average Bonchev–Trinajstić information content (AvgIpc) is 2.65. The minimum atomic E-state index is -0.141. The van der Waals surface area contributed by atoms with Gasteiger partial charge in [0, 0.05) is 15.9 Å². The third-order valence-corrected chi connectivity index (χ3v) is 5.99. The summed E-state index contributed by atoms with van der Waals surface area (Å²) in [6, 6.07) is 19.8. The summed E-state index contributed by atoms with van der Waals surface area (Å²) in [5.74, 6) is 0.143. The van der Waals surface area contributed by atoms with Crippen LogP contribution in [-0.2, 0) is 0 Å². The Hall–Kier alpha value is -1.80. The predicted octanol–water partition coefficient (Wildman–Crippen LogP) is 6.26. The molecule has 0 saturated heterocycles. The molecule has 0 aromatic heterocycles. The van der Waals surface area contributed by atoms with E-state index in [2.05, 4.69) is 38.3 Å². The number of benzene rings is 2. The molecule has 0 aliphatic rings. The summed E-state index contributed by atoms with van der Waals surface area (Å²) in [5.41, 5.74) is 2.76. The van der Waals surface area contributed by atoms with Crippen molar-refractivity contribution >= 4 is 23.6 Å². The van der Waals surface area contributed by atoms with Crippen molar-refractivity contribution < 1.29 is 4.79 Å². The lowest BCUT2D eigenvalue weighted by atomic mass is 9.84. The molecule has 0 bridgehead atoms. The summed E-state index contributed by atoms with van der Waals surface area (Å²) in [7, 11) is 0. The lowest BCUT2D eigenvalue weighted by Gasteiger charge is -2.33. The standard InChI is InChI=1S/C22H26OS/c1-4-16-22(5-2,24-3)20(17-18-12-8-6-9-13-18)21(23)19-14-10-7-11-15-19/h6-15,17H,4-5,16H2,1-3H3. The normalized spacial score (nSPS) is 14.2. The van der Waals surface area contributed by atoms with E-state index in [9.17, 15) is 4.79 Å².